The van der Waals surface area contributed by atoms with Crippen molar-refractivity contribution in [2.24, 2.45) is 0 Å². The fraction of sp³-hybridized carbons (Fsp3) is 0.462. The van der Waals surface area contributed by atoms with Gasteiger partial charge in [0.05, 0.1) is 11.2 Å². The summed E-state index contributed by atoms with van der Waals surface area (Å²) in [6, 6.07) is 6.54. The molecule has 2 heteroatoms. The van der Waals surface area contributed by atoms with E-state index >= 15 is 0 Å². The molecule has 2 aromatic rings. The molecule has 0 saturated carbocycles. The van der Waals surface area contributed by atoms with E-state index in [4.69, 9.17) is 0 Å². The molecule has 0 bridgehead atoms. The van der Waals surface area contributed by atoms with Gasteiger partial charge in [-0.05, 0) is 35.6 Å². The lowest BCUT2D eigenvalue weighted by atomic mass is 9.87. The highest BCUT2D eigenvalue weighted by Crippen LogP contribution is 2.23. The Hall–Kier alpha value is -1.31. The highest BCUT2D eigenvalue weighted by Gasteiger charge is 2.14. The largest absolute Gasteiger partial charge is 0.241 e. The van der Waals surface area contributed by atoms with Crippen LogP contribution < -0.4 is 0 Å². The lowest BCUT2D eigenvalue weighted by Crippen LogP contribution is -2.11. The van der Waals surface area contributed by atoms with Crippen LogP contribution in [-0.4, -0.2) is 9.61 Å². The van der Waals surface area contributed by atoms with Gasteiger partial charge in [-0.15, -0.1) is 0 Å². The van der Waals surface area contributed by atoms with E-state index in [9.17, 15) is 0 Å². The lowest BCUT2D eigenvalue weighted by molar-refractivity contribution is 0.589. The number of pyridine rings is 1. The molecule has 0 N–H and O–H groups in total. The molecule has 15 heavy (non-hydrogen) atoms. The van der Waals surface area contributed by atoms with Crippen molar-refractivity contribution in [2.45, 2.75) is 39.5 Å². The second-order valence-corrected chi connectivity index (χ2v) is 5.02. The molecule has 0 aliphatic carbocycles. The Morgan fingerprint density at radius 3 is 2.60 bits per heavy atom. The van der Waals surface area contributed by atoms with E-state index in [1.165, 1.54) is 11.1 Å². The normalized spacial score (nSPS) is 12.3. The summed E-state index contributed by atoms with van der Waals surface area (Å²) in [6.07, 6.45) is 3.04. The van der Waals surface area contributed by atoms with Crippen LogP contribution in [0.2, 0.25) is 0 Å². The first-order valence-electron chi connectivity index (χ1n) is 5.49. The van der Waals surface area contributed by atoms with Gasteiger partial charge in [0.1, 0.15) is 0 Å². The molecule has 0 spiro atoms. The number of hydrogen-bond donors (Lipinski definition) is 0. The molecule has 0 radical (unpaired) electrons. The fourth-order valence-corrected chi connectivity index (χ4v) is 1.69. The number of hydrogen-bond acceptors (Lipinski definition) is 1. The molecule has 0 aromatic carbocycles. The van der Waals surface area contributed by atoms with E-state index in [0.717, 1.165) is 12.1 Å². The van der Waals surface area contributed by atoms with Gasteiger partial charge in [0, 0.05) is 6.20 Å². The molecule has 0 aliphatic rings. The third-order valence-corrected chi connectivity index (χ3v) is 2.74. The van der Waals surface area contributed by atoms with Crippen molar-refractivity contribution in [1.29, 1.82) is 0 Å². The Kier molecular flexibility index (Phi) is 2.29. The zero-order valence-corrected chi connectivity index (χ0v) is 9.91. The quantitative estimate of drug-likeness (QED) is 0.694. The molecule has 0 saturated heterocycles. The van der Waals surface area contributed by atoms with Gasteiger partial charge in [0.15, 0.2) is 0 Å². The van der Waals surface area contributed by atoms with Crippen LogP contribution in [0.1, 0.15) is 39.0 Å². The van der Waals surface area contributed by atoms with Crippen LogP contribution in [0, 0.1) is 0 Å². The van der Waals surface area contributed by atoms with Gasteiger partial charge in [-0.3, -0.25) is 0 Å². The van der Waals surface area contributed by atoms with Gasteiger partial charge in [0.25, 0.3) is 0 Å². The SMILES string of the molecule is CCc1cc2cc(C(C)(C)C)ccn2n1. The highest BCUT2D eigenvalue weighted by molar-refractivity contribution is 5.50. The van der Waals surface area contributed by atoms with Gasteiger partial charge in [-0.2, -0.15) is 5.10 Å². The third-order valence-electron chi connectivity index (χ3n) is 2.74. The van der Waals surface area contributed by atoms with Crippen molar-refractivity contribution in [3.8, 4) is 0 Å². The first-order chi connectivity index (χ1) is 7.00. The van der Waals surface area contributed by atoms with Crippen molar-refractivity contribution >= 4 is 5.52 Å². The van der Waals surface area contributed by atoms with Gasteiger partial charge in [0.2, 0.25) is 0 Å². The Bertz CT molecular complexity index is 475. The Balaban J connectivity index is 2.55. The summed E-state index contributed by atoms with van der Waals surface area (Å²) in [5.41, 5.74) is 3.91. The van der Waals surface area contributed by atoms with Crippen LogP contribution in [0.4, 0.5) is 0 Å². The third kappa shape index (κ3) is 1.89. The number of aromatic nitrogens is 2. The monoisotopic (exact) mass is 202 g/mol. The standard InChI is InChI=1S/C13H18N2/c1-5-11-9-12-8-10(13(2,3)4)6-7-15(12)14-11/h6-9H,5H2,1-4H3. The summed E-state index contributed by atoms with van der Waals surface area (Å²) in [7, 11) is 0. The Morgan fingerprint density at radius 1 is 1.27 bits per heavy atom. The maximum Gasteiger partial charge on any atom is 0.0667 e. The van der Waals surface area contributed by atoms with Gasteiger partial charge in [-0.1, -0.05) is 27.7 Å². The van der Waals surface area contributed by atoms with Crippen LogP contribution in [-0.2, 0) is 11.8 Å². The Labute approximate surface area is 90.9 Å². The number of aryl methyl sites for hydroxylation is 1. The average Bonchev–Trinajstić information content (AvgIpc) is 2.57. The maximum atomic E-state index is 4.47. The molecule has 2 aromatic heterocycles. The summed E-state index contributed by atoms with van der Waals surface area (Å²) in [5, 5.41) is 4.47. The Morgan fingerprint density at radius 2 is 2.00 bits per heavy atom. The molecule has 2 rings (SSSR count). The first kappa shape index (κ1) is 10.2. The predicted octanol–water partition coefficient (Wildman–Crippen LogP) is 3.19. The second-order valence-electron chi connectivity index (χ2n) is 5.02. The van der Waals surface area contributed by atoms with Crippen LogP contribution >= 0.6 is 0 Å². The number of nitrogens with zero attached hydrogens (tertiary/aromatic N) is 2. The van der Waals surface area contributed by atoms with Crippen LogP contribution in [0.5, 0.6) is 0 Å². The molecule has 0 aliphatic heterocycles. The predicted molar refractivity (Wildman–Crippen MR) is 63.3 cm³/mol. The van der Waals surface area contributed by atoms with Crippen molar-refractivity contribution in [2.75, 3.05) is 0 Å². The number of fused-ring (bicyclic) bond motifs is 1. The summed E-state index contributed by atoms with van der Waals surface area (Å²) in [6.45, 7) is 8.83. The van der Waals surface area contributed by atoms with Crippen LogP contribution in [0.25, 0.3) is 5.52 Å². The molecule has 80 valence electrons. The van der Waals surface area contributed by atoms with Crippen LogP contribution in [0.3, 0.4) is 0 Å². The molecule has 0 fully saturated rings. The van der Waals surface area contributed by atoms with E-state index in [1.807, 2.05) is 4.52 Å². The van der Waals surface area contributed by atoms with E-state index in [1.54, 1.807) is 0 Å². The molecule has 0 atom stereocenters. The van der Waals surface area contributed by atoms with Crippen LogP contribution in [0.15, 0.2) is 24.4 Å². The first-order valence-corrected chi connectivity index (χ1v) is 5.49. The highest BCUT2D eigenvalue weighted by atomic mass is 15.2. The average molecular weight is 202 g/mol. The van der Waals surface area contributed by atoms with E-state index < -0.39 is 0 Å². The molecule has 0 unspecified atom stereocenters. The zero-order chi connectivity index (χ0) is 11.1. The molecule has 2 nitrogen and oxygen atoms in total. The second kappa shape index (κ2) is 3.37. The molecule has 0 amide bonds. The van der Waals surface area contributed by atoms with Crippen molar-refractivity contribution in [1.82, 2.24) is 9.61 Å². The zero-order valence-electron chi connectivity index (χ0n) is 9.91. The maximum absolute atomic E-state index is 4.47. The van der Waals surface area contributed by atoms with Crippen molar-refractivity contribution in [3.05, 3.63) is 35.7 Å². The summed E-state index contributed by atoms with van der Waals surface area (Å²) in [5.74, 6) is 0. The fourth-order valence-electron chi connectivity index (χ4n) is 1.69. The molecular weight excluding hydrogens is 184 g/mol. The minimum Gasteiger partial charge on any atom is -0.241 e. The smallest absolute Gasteiger partial charge is 0.0667 e. The van der Waals surface area contributed by atoms with Gasteiger partial charge < -0.3 is 0 Å². The minimum absolute atomic E-state index is 0.207. The van der Waals surface area contributed by atoms with E-state index in [2.05, 4.69) is 57.2 Å². The summed E-state index contributed by atoms with van der Waals surface area (Å²) in [4.78, 5) is 0. The summed E-state index contributed by atoms with van der Waals surface area (Å²) < 4.78 is 1.95. The summed E-state index contributed by atoms with van der Waals surface area (Å²) >= 11 is 0. The van der Waals surface area contributed by atoms with E-state index in [-0.39, 0.29) is 5.41 Å². The minimum atomic E-state index is 0.207. The van der Waals surface area contributed by atoms with Gasteiger partial charge in [-0.25, -0.2) is 4.52 Å². The lowest BCUT2D eigenvalue weighted by Gasteiger charge is -2.18. The van der Waals surface area contributed by atoms with Gasteiger partial charge >= 0.3 is 0 Å². The topological polar surface area (TPSA) is 17.3 Å². The number of rotatable bonds is 1. The molecule has 2 heterocycles. The van der Waals surface area contributed by atoms with Crippen molar-refractivity contribution in [3.63, 3.8) is 0 Å². The van der Waals surface area contributed by atoms with E-state index in [0.29, 0.717) is 0 Å². The molecular formula is C13H18N2. The van der Waals surface area contributed by atoms with Crippen molar-refractivity contribution < 1.29 is 0 Å².